The van der Waals surface area contributed by atoms with E-state index in [0.29, 0.717) is 5.92 Å². The fourth-order valence-corrected chi connectivity index (χ4v) is 3.11. The third-order valence-corrected chi connectivity index (χ3v) is 4.76. The van der Waals surface area contributed by atoms with Gasteiger partial charge in [0.05, 0.1) is 26.2 Å². The van der Waals surface area contributed by atoms with Crippen molar-refractivity contribution in [1.82, 2.24) is 4.48 Å². The first-order chi connectivity index (χ1) is 8.29. The highest BCUT2D eigenvalue weighted by molar-refractivity contribution is 5.58. The zero-order chi connectivity index (χ0) is 13.6. The number of quaternary nitrogens is 1. The molecule has 0 spiro atoms. The van der Waals surface area contributed by atoms with Gasteiger partial charge in [0.15, 0.2) is 0 Å². The lowest BCUT2D eigenvalue weighted by Crippen LogP contribution is -3.00. The van der Waals surface area contributed by atoms with Crippen LogP contribution >= 0.6 is 0 Å². The second kappa shape index (κ2) is 5.60. The van der Waals surface area contributed by atoms with Crippen molar-refractivity contribution in [2.24, 2.45) is 0 Å². The van der Waals surface area contributed by atoms with Crippen molar-refractivity contribution in [3.63, 3.8) is 0 Å². The van der Waals surface area contributed by atoms with E-state index in [-0.39, 0.29) is 29.5 Å². The maximum atomic E-state index is 5.63. The lowest BCUT2D eigenvalue weighted by atomic mass is 9.78. The fourth-order valence-electron chi connectivity index (χ4n) is 3.11. The van der Waals surface area contributed by atoms with E-state index in [9.17, 15) is 0 Å². The summed E-state index contributed by atoms with van der Waals surface area (Å²) >= 11 is 0. The Morgan fingerprint density at radius 1 is 1.32 bits per heavy atom. The maximum absolute atomic E-state index is 5.63. The predicted molar refractivity (Wildman–Crippen MR) is 78.4 cm³/mol. The molecule has 0 amide bonds. The van der Waals surface area contributed by atoms with Crippen molar-refractivity contribution < 1.29 is 28.7 Å². The highest BCUT2D eigenvalue weighted by Gasteiger charge is 2.45. The molecule has 19 heavy (non-hydrogen) atoms. The minimum absolute atomic E-state index is 0. The van der Waals surface area contributed by atoms with Gasteiger partial charge in [-0.1, -0.05) is 6.92 Å². The maximum Gasteiger partial charge on any atom is 0.136 e. The zero-order valence-corrected chi connectivity index (χ0v) is 15.1. The third-order valence-electron chi connectivity index (χ3n) is 4.76. The van der Waals surface area contributed by atoms with Gasteiger partial charge in [0.1, 0.15) is 11.4 Å². The van der Waals surface area contributed by atoms with Gasteiger partial charge in [0.25, 0.3) is 0 Å². The molecule has 0 radical (unpaired) electrons. The molecule has 0 N–H and O–H groups in total. The summed E-state index contributed by atoms with van der Waals surface area (Å²) in [6, 6.07) is 6.59. The third kappa shape index (κ3) is 2.77. The Hall–Kier alpha value is -0.290. The van der Waals surface area contributed by atoms with Crippen LogP contribution in [0.15, 0.2) is 18.2 Å². The first-order valence-corrected chi connectivity index (χ1v) is 6.91. The van der Waals surface area contributed by atoms with Gasteiger partial charge in [-0.2, -0.15) is 0 Å². The molecule has 1 aliphatic heterocycles. The highest BCUT2D eigenvalue weighted by Crippen LogP contribution is 2.47. The Kier molecular flexibility index (Phi) is 4.94. The molecule has 1 atom stereocenters. The molecular formula is C16H26INO. The van der Waals surface area contributed by atoms with E-state index in [1.807, 2.05) is 6.92 Å². The van der Waals surface area contributed by atoms with E-state index in [0.717, 1.165) is 16.8 Å². The van der Waals surface area contributed by atoms with Crippen LogP contribution in [-0.4, -0.2) is 26.2 Å². The summed E-state index contributed by atoms with van der Waals surface area (Å²) in [6.07, 6.45) is 1.21. The Morgan fingerprint density at radius 3 is 2.53 bits per heavy atom. The minimum atomic E-state index is 0. The Morgan fingerprint density at radius 2 is 1.95 bits per heavy atom. The van der Waals surface area contributed by atoms with E-state index in [1.54, 1.807) is 0 Å². The van der Waals surface area contributed by atoms with Crippen LogP contribution in [0.25, 0.3) is 0 Å². The summed E-state index contributed by atoms with van der Waals surface area (Å²) in [5.74, 6) is 1.60. The van der Waals surface area contributed by atoms with Crippen LogP contribution in [-0.2, 0) is 0 Å². The zero-order valence-electron chi connectivity index (χ0n) is 13.0. The average molecular weight is 375 g/mol. The topological polar surface area (TPSA) is 9.23 Å². The SMILES string of the molecule is CCOc1ccc2c(c1)C(C)CC(C)(C)[N+]2(C)C.[I-]. The van der Waals surface area contributed by atoms with Gasteiger partial charge in [-0.05, 0) is 38.8 Å². The number of hydrogen-bond donors (Lipinski definition) is 0. The van der Waals surface area contributed by atoms with E-state index in [2.05, 4.69) is 53.1 Å². The standard InChI is InChI=1S/C16H26NO.HI/c1-7-18-13-8-9-15-14(10-13)12(2)11-16(3,4)17(15,5)6;/h8-10,12H,7,11H2,1-6H3;1H/q+1;/p-1. The molecule has 0 fully saturated rings. The molecule has 0 aliphatic carbocycles. The Bertz CT molecular complexity index is 454. The van der Waals surface area contributed by atoms with Gasteiger partial charge in [-0.3, -0.25) is 4.48 Å². The lowest BCUT2D eigenvalue weighted by molar-refractivity contribution is -0.00000488. The van der Waals surface area contributed by atoms with Crippen LogP contribution in [0.1, 0.15) is 45.6 Å². The molecule has 2 rings (SSSR count). The number of nitrogens with zero attached hydrogens (tertiary/aromatic N) is 1. The second-order valence-corrected chi connectivity index (χ2v) is 6.52. The molecule has 0 saturated heterocycles. The minimum Gasteiger partial charge on any atom is -1.00 e. The molecule has 1 aromatic rings. The van der Waals surface area contributed by atoms with Gasteiger partial charge in [-0.15, -0.1) is 0 Å². The van der Waals surface area contributed by atoms with Crippen LogP contribution in [0.3, 0.4) is 0 Å². The number of halogens is 1. The molecule has 108 valence electrons. The lowest BCUT2D eigenvalue weighted by Gasteiger charge is -2.50. The molecule has 3 heteroatoms. The number of hydrogen-bond acceptors (Lipinski definition) is 1. The first kappa shape index (κ1) is 16.8. The quantitative estimate of drug-likeness (QED) is 0.553. The van der Waals surface area contributed by atoms with Crippen LogP contribution < -0.4 is 33.2 Å². The van der Waals surface area contributed by atoms with Crippen molar-refractivity contribution >= 4 is 5.69 Å². The monoisotopic (exact) mass is 375 g/mol. The summed E-state index contributed by atoms with van der Waals surface area (Å²) in [7, 11) is 4.62. The number of rotatable bonds is 2. The van der Waals surface area contributed by atoms with Gasteiger partial charge in [-0.25, -0.2) is 0 Å². The van der Waals surface area contributed by atoms with Crippen molar-refractivity contribution in [1.29, 1.82) is 0 Å². The van der Waals surface area contributed by atoms with E-state index in [1.165, 1.54) is 17.7 Å². The molecule has 0 saturated carbocycles. The summed E-state index contributed by atoms with van der Waals surface area (Å²) in [5, 5.41) is 0. The van der Waals surface area contributed by atoms with E-state index in [4.69, 9.17) is 4.74 Å². The highest BCUT2D eigenvalue weighted by atomic mass is 127. The molecule has 1 aromatic carbocycles. The fraction of sp³-hybridized carbons (Fsp3) is 0.625. The number of benzene rings is 1. The van der Waals surface area contributed by atoms with Crippen LogP contribution in [0.4, 0.5) is 5.69 Å². The molecule has 2 nitrogen and oxygen atoms in total. The van der Waals surface area contributed by atoms with Gasteiger partial charge in [0, 0.05) is 18.1 Å². The molecule has 1 aliphatic rings. The second-order valence-electron chi connectivity index (χ2n) is 6.52. The van der Waals surface area contributed by atoms with Crippen molar-refractivity contribution in [3.8, 4) is 5.75 Å². The molecule has 0 bridgehead atoms. The number of fused-ring (bicyclic) bond motifs is 1. The van der Waals surface area contributed by atoms with Crippen LogP contribution in [0, 0.1) is 0 Å². The summed E-state index contributed by atoms with van der Waals surface area (Å²) in [4.78, 5) is 0. The van der Waals surface area contributed by atoms with Gasteiger partial charge in [0.2, 0.25) is 0 Å². The van der Waals surface area contributed by atoms with Crippen molar-refractivity contribution in [2.45, 2.75) is 45.6 Å². The normalized spacial score (nSPS) is 23.2. The average Bonchev–Trinajstić information content (AvgIpc) is 2.27. The predicted octanol–water partition coefficient (Wildman–Crippen LogP) is 0.942. The van der Waals surface area contributed by atoms with Gasteiger partial charge >= 0.3 is 0 Å². The smallest absolute Gasteiger partial charge is 0.136 e. The summed E-state index contributed by atoms with van der Waals surface area (Å²) in [6.45, 7) is 9.82. The largest absolute Gasteiger partial charge is 1.00 e. The summed E-state index contributed by atoms with van der Waals surface area (Å²) in [5.41, 5.74) is 3.16. The van der Waals surface area contributed by atoms with Gasteiger partial charge < -0.3 is 28.7 Å². The molecule has 1 unspecified atom stereocenters. The first-order valence-electron chi connectivity index (χ1n) is 6.91. The van der Waals surface area contributed by atoms with Crippen molar-refractivity contribution in [3.05, 3.63) is 23.8 Å². The number of ether oxygens (including phenoxy) is 1. The van der Waals surface area contributed by atoms with Crippen molar-refractivity contribution in [2.75, 3.05) is 20.7 Å². The van der Waals surface area contributed by atoms with Crippen LogP contribution in [0.2, 0.25) is 0 Å². The molecular weight excluding hydrogens is 349 g/mol. The van der Waals surface area contributed by atoms with E-state index < -0.39 is 0 Å². The van der Waals surface area contributed by atoms with Crippen LogP contribution in [0.5, 0.6) is 5.75 Å². The van der Waals surface area contributed by atoms with E-state index >= 15 is 0 Å². The summed E-state index contributed by atoms with van der Waals surface area (Å²) < 4.78 is 6.58. The Balaban J connectivity index is 0.00000180. The Labute approximate surface area is 134 Å². The molecule has 0 aromatic heterocycles. The molecule has 1 heterocycles.